The van der Waals surface area contributed by atoms with Crippen molar-refractivity contribution < 1.29 is 9.47 Å². The fourth-order valence-electron chi connectivity index (χ4n) is 0.927. The molecule has 0 radical (unpaired) electrons. The van der Waals surface area contributed by atoms with Gasteiger partial charge in [-0.1, -0.05) is 36.5 Å². The van der Waals surface area contributed by atoms with Gasteiger partial charge in [0, 0.05) is 7.11 Å². The van der Waals surface area contributed by atoms with E-state index in [0.29, 0.717) is 19.8 Å². The largest absolute Gasteiger partial charge is 0.380 e. The zero-order valence-electron chi connectivity index (χ0n) is 9.61. The zero-order valence-corrected chi connectivity index (χ0v) is 9.61. The van der Waals surface area contributed by atoms with E-state index in [-0.39, 0.29) is 0 Å². The number of hydrogen-bond donors (Lipinski definition) is 0. The molecule has 2 heteroatoms. The number of ether oxygens (including phenoxy) is 2. The lowest BCUT2D eigenvalue weighted by atomic mass is 10.2. The summed E-state index contributed by atoms with van der Waals surface area (Å²) in [5.74, 6) is 0. The Kier molecular flexibility index (Phi) is 10.1. The summed E-state index contributed by atoms with van der Waals surface area (Å²) < 4.78 is 10.2. The molecule has 15 heavy (non-hydrogen) atoms. The van der Waals surface area contributed by atoms with Gasteiger partial charge < -0.3 is 9.47 Å². The summed E-state index contributed by atoms with van der Waals surface area (Å²) in [5, 5.41) is 0. The van der Waals surface area contributed by atoms with Gasteiger partial charge in [0.2, 0.25) is 0 Å². The van der Waals surface area contributed by atoms with Gasteiger partial charge in [-0.15, -0.1) is 6.58 Å². The average Bonchev–Trinajstić information content (AvgIpc) is 2.26. The van der Waals surface area contributed by atoms with Crippen LogP contribution in [0, 0.1) is 0 Å². The minimum Gasteiger partial charge on any atom is -0.380 e. The van der Waals surface area contributed by atoms with Crippen molar-refractivity contribution in [3.05, 3.63) is 48.6 Å². The predicted molar refractivity (Wildman–Crippen MR) is 64.9 cm³/mol. The van der Waals surface area contributed by atoms with Crippen molar-refractivity contribution in [2.75, 3.05) is 26.9 Å². The van der Waals surface area contributed by atoms with E-state index >= 15 is 0 Å². The zero-order chi connectivity index (χ0) is 11.4. The third-order valence-electron chi connectivity index (χ3n) is 1.69. The molecule has 0 atom stereocenters. The van der Waals surface area contributed by atoms with Crippen molar-refractivity contribution >= 4 is 0 Å². The Balaban J connectivity index is 3.71. The number of hydrogen-bond acceptors (Lipinski definition) is 2. The van der Waals surface area contributed by atoms with Crippen LogP contribution in [0.15, 0.2) is 48.6 Å². The monoisotopic (exact) mass is 208 g/mol. The summed E-state index contributed by atoms with van der Waals surface area (Å²) in [5.41, 5.74) is 1.16. The molecule has 0 fully saturated rings. The maximum Gasteiger partial charge on any atom is 0.0709 e. The highest BCUT2D eigenvalue weighted by Crippen LogP contribution is 1.97. The van der Waals surface area contributed by atoms with Crippen molar-refractivity contribution in [2.24, 2.45) is 0 Å². The molecule has 0 saturated heterocycles. The first kappa shape index (κ1) is 13.9. The van der Waals surface area contributed by atoms with Crippen molar-refractivity contribution in [1.82, 2.24) is 0 Å². The van der Waals surface area contributed by atoms with E-state index in [4.69, 9.17) is 9.47 Å². The van der Waals surface area contributed by atoms with E-state index in [1.807, 2.05) is 37.3 Å². The van der Waals surface area contributed by atoms with Crippen LogP contribution in [0.2, 0.25) is 0 Å². The summed E-state index contributed by atoms with van der Waals surface area (Å²) in [6.07, 6.45) is 11.7. The average molecular weight is 208 g/mol. The molecule has 0 aliphatic rings. The van der Waals surface area contributed by atoms with E-state index in [2.05, 4.69) is 6.58 Å². The molecule has 0 amide bonds. The Morgan fingerprint density at radius 1 is 1.27 bits per heavy atom. The molecule has 0 aliphatic carbocycles. The van der Waals surface area contributed by atoms with E-state index in [1.54, 1.807) is 13.2 Å². The standard InChI is InChI=1S/C13H20O2/c1-4-10-15-11-8-6-7-9-13(5-2)12-14-3/h4-9H,1,10-12H2,2-3H3/b8-6+,9-7-,13-5+. The Hall–Kier alpha value is -1.12. The third-order valence-corrected chi connectivity index (χ3v) is 1.69. The van der Waals surface area contributed by atoms with Crippen LogP contribution in [0.4, 0.5) is 0 Å². The lowest BCUT2D eigenvalue weighted by Crippen LogP contribution is -1.90. The van der Waals surface area contributed by atoms with Gasteiger partial charge in [0.15, 0.2) is 0 Å². The molecule has 0 rings (SSSR count). The number of methoxy groups -OCH3 is 1. The van der Waals surface area contributed by atoms with Crippen LogP contribution < -0.4 is 0 Å². The van der Waals surface area contributed by atoms with Gasteiger partial charge in [-0.2, -0.15) is 0 Å². The first-order chi connectivity index (χ1) is 7.35. The summed E-state index contributed by atoms with van der Waals surface area (Å²) in [4.78, 5) is 0. The molecular weight excluding hydrogens is 188 g/mol. The first-order valence-electron chi connectivity index (χ1n) is 5.01. The molecule has 0 unspecified atom stereocenters. The molecule has 0 bridgehead atoms. The molecule has 84 valence electrons. The molecule has 0 aromatic carbocycles. The molecule has 0 spiro atoms. The van der Waals surface area contributed by atoms with Crippen LogP contribution in [0.3, 0.4) is 0 Å². The van der Waals surface area contributed by atoms with Gasteiger partial charge in [-0.3, -0.25) is 0 Å². The predicted octanol–water partition coefficient (Wildman–Crippen LogP) is 2.89. The SMILES string of the molecule is C=CCOC/C=C/C=C\C(=C/C)COC. The quantitative estimate of drug-likeness (QED) is 0.347. The van der Waals surface area contributed by atoms with Gasteiger partial charge in [0.25, 0.3) is 0 Å². The normalized spacial score (nSPS) is 12.8. The molecular formula is C13H20O2. The van der Waals surface area contributed by atoms with Crippen molar-refractivity contribution in [1.29, 1.82) is 0 Å². The summed E-state index contributed by atoms with van der Waals surface area (Å²) in [6, 6.07) is 0. The molecule has 0 N–H and O–H groups in total. The highest BCUT2D eigenvalue weighted by Gasteiger charge is 1.86. The van der Waals surface area contributed by atoms with Crippen molar-refractivity contribution in [2.45, 2.75) is 6.92 Å². The molecule has 0 saturated carbocycles. The Labute approximate surface area is 92.6 Å². The van der Waals surface area contributed by atoms with Gasteiger partial charge in [0.1, 0.15) is 0 Å². The third kappa shape index (κ3) is 9.19. The van der Waals surface area contributed by atoms with Crippen LogP contribution in [0.25, 0.3) is 0 Å². The number of rotatable bonds is 8. The van der Waals surface area contributed by atoms with Crippen LogP contribution >= 0.6 is 0 Å². The van der Waals surface area contributed by atoms with Crippen LogP contribution in [0.5, 0.6) is 0 Å². The Morgan fingerprint density at radius 3 is 2.67 bits per heavy atom. The summed E-state index contributed by atoms with van der Waals surface area (Å²) in [7, 11) is 1.69. The van der Waals surface area contributed by atoms with Gasteiger partial charge in [0.05, 0.1) is 19.8 Å². The smallest absolute Gasteiger partial charge is 0.0709 e. The Bertz CT molecular complexity index is 237. The fourth-order valence-corrected chi connectivity index (χ4v) is 0.927. The lowest BCUT2D eigenvalue weighted by molar-refractivity contribution is 0.194. The number of allylic oxidation sites excluding steroid dienone is 3. The van der Waals surface area contributed by atoms with E-state index in [9.17, 15) is 0 Å². The van der Waals surface area contributed by atoms with Crippen LogP contribution in [-0.2, 0) is 9.47 Å². The molecule has 0 aromatic rings. The highest BCUT2D eigenvalue weighted by atomic mass is 16.5. The van der Waals surface area contributed by atoms with Crippen LogP contribution in [0.1, 0.15) is 6.92 Å². The van der Waals surface area contributed by atoms with Gasteiger partial charge in [-0.05, 0) is 12.5 Å². The maximum atomic E-state index is 5.19. The second kappa shape index (κ2) is 11.0. The minimum absolute atomic E-state index is 0.595. The van der Waals surface area contributed by atoms with E-state index in [1.165, 1.54) is 0 Å². The van der Waals surface area contributed by atoms with Crippen molar-refractivity contribution in [3.8, 4) is 0 Å². The van der Waals surface area contributed by atoms with E-state index in [0.717, 1.165) is 5.57 Å². The van der Waals surface area contributed by atoms with E-state index < -0.39 is 0 Å². The summed E-state index contributed by atoms with van der Waals surface area (Å²) >= 11 is 0. The summed E-state index contributed by atoms with van der Waals surface area (Å²) in [6.45, 7) is 7.42. The minimum atomic E-state index is 0.595. The molecule has 2 nitrogen and oxygen atoms in total. The second-order valence-electron chi connectivity index (χ2n) is 2.91. The van der Waals surface area contributed by atoms with Gasteiger partial charge >= 0.3 is 0 Å². The molecule has 0 aromatic heterocycles. The highest BCUT2D eigenvalue weighted by molar-refractivity contribution is 5.22. The van der Waals surface area contributed by atoms with Crippen molar-refractivity contribution in [3.63, 3.8) is 0 Å². The molecule has 0 aliphatic heterocycles. The Morgan fingerprint density at radius 2 is 2.07 bits per heavy atom. The second-order valence-corrected chi connectivity index (χ2v) is 2.91. The topological polar surface area (TPSA) is 18.5 Å². The fraction of sp³-hybridized carbons (Fsp3) is 0.385. The van der Waals surface area contributed by atoms with Gasteiger partial charge in [-0.25, -0.2) is 0 Å². The van der Waals surface area contributed by atoms with Crippen LogP contribution in [-0.4, -0.2) is 26.9 Å². The first-order valence-corrected chi connectivity index (χ1v) is 5.01. The maximum absolute atomic E-state index is 5.19. The molecule has 0 heterocycles. The lowest BCUT2D eigenvalue weighted by Gasteiger charge is -1.97.